The van der Waals surface area contributed by atoms with Gasteiger partial charge in [-0.25, -0.2) is 4.98 Å². The Bertz CT molecular complexity index is 1290. The Balaban J connectivity index is 1.47. The Kier molecular flexibility index (Phi) is 9.95. The Morgan fingerprint density at radius 2 is 1.66 bits per heavy atom. The maximum absolute atomic E-state index is 10.3. The monoisotopic (exact) mass is 557 g/mol. The van der Waals surface area contributed by atoms with Gasteiger partial charge in [-0.3, -0.25) is 4.40 Å². The summed E-state index contributed by atoms with van der Waals surface area (Å²) in [6.45, 7) is 6.94. The molecular formula is C34H47N5O2. The first-order chi connectivity index (χ1) is 19.9. The zero-order chi connectivity index (χ0) is 28.7. The maximum Gasteiger partial charge on any atom is 0.302 e. The van der Waals surface area contributed by atoms with E-state index in [9.17, 15) is 10.4 Å². The van der Waals surface area contributed by atoms with Crippen LogP contribution in [0.3, 0.4) is 0 Å². The summed E-state index contributed by atoms with van der Waals surface area (Å²) in [5.74, 6) is 0.769. The smallest absolute Gasteiger partial charge is 0.302 e. The maximum atomic E-state index is 10.3. The minimum absolute atomic E-state index is 0.381. The molecule has 1 saturated carbocycles. The van der Waals surface area contributed by atoms with Gasteiger partial charge in [0.1, 0.15) is 5.65 Å². The predicted octanol–water partition coefficient (Wildman–Crippen LogP) is 7.13. The number of likely N-dealkylation sites (tertiary alicyclic amines) is 1. The van der Waals surface area contributed by atoms with E-state index in [1.807, 2.05) is 54.9 Å². The largest absolute Gasteiger partial charge is 0.464 e. The zero-order valence-electron chi connectivity index (χ0n) is 25.0. The molecule has 41 heavy (non-hydrogen) atoms. The molecule has 220 valence electrons. The van der Waals surface area contributed by atoms with Crippen molar-refractivity contribution in [2.75, 3.05) is 26.2 Å². The summed E-state index contributed by atoms with van der Waals surface area (Å²) in [5, 5.41) is 19.7. The van der Waals surface area contributed by atoms with Crippen LogP contribution >= 0.6 is 0 Å². The quantitative estimate of drug-likeness (QED) is 0.333. The van der Waals surface area contributed by atoms with E-state index in [0.29, 0.717) is 36.6 Å². The van der Waals surface area contributed by atoms with E-state index in [4.69, 9.17) is 14.7 Å². The van der Waals surface area contributed by atoms with E-state index in [1.165, 1.54) is 56.9 Å². The number of nitrogens with zero attached hydrogens (tertiary/aromatic N) is 5. The van der Waals surface area contributed by atoms with Gasteiger partial charge in [-0.05, 0) is 64.1 Å². The van der Waals surface area contributed by atoms with Crippen LogP contribution in [0.1, 0.15) is 108 Å². The third-order valence-electron chi connectivity index (χ3n) is 8.76. The number of fused-ring (bicyclic) bond motifs is 1. The summed E-state index contributed by atoms with van der Waals surface area (Å²) in [6, 6.07) is 10.6. The van der Waals surface area contributed by atoms with Crippen LogP contribution in [0.5, 0.6) is 6.01 Å². The first-order valence-corrected chi connectivity index (χ1v) is 15.9. The molecule has 1 aliphatic heterocycles. The lowest BCUT2D eigenvalue weighted by Crippen LogP contribution is -2.45. The standard InChI is InChI=1S/C34H47N5O2/c1-34(2,40)25-38-20-11-12-27(23-38)24-41-33-37-31(29-17-15-26(22-35)16-18-29)30(32-36-19-21-39(32)33)28-13-9-7-5-3-4-6-8-10-14-28/h15-19,21,27-28,40H,3-14,20,23-25H2,1-2H3. The first-order valence-electron chi connectivity index (χ1n) is 15.9. The summed E-state index contributed by atoms with van der Waals surface area (Å²) in [7, 11) is 0. The minimum Gasteiger partial charge on any atom is -0.464 e. The molecule has 7 heteroatoms. The molecule has 0 bridgehead atoms. The molecule has 0 spiro atoms. The summed E-state index contributed by atoms with van der Waals surface area (Å²) in [4.78, 5) is 12.5. The molecule has 1 atom stereocenters. The van der Waals surface area contributed by atoms with Crippen LogP contribution in [-0.2, 0) is 0 Å². The third-order valence-corrected chi connectivity index (χ3v) is 8.76. The number of β-amino-alcohol motifs (C(OH)–C–C–N with tert-alkyl or cyclic N) is 1. The van der Waals surface area contributed by atoms with Crippen molar-refractivity contribution < 1.29 is 9.84 Å². The van der Waals surface area contributed by atoms with Crippen LogP contribution in [0, 0.1) is 17.2 Å². The van der Waals surface area contributed by atoms with E-state index in [0.717, 1.165) is 55.7 Å². The van der Waals surface area contributed by atoms with Crippen LogP contribution in [0.25, 0.3) is 16.9 Å². The Hall–Kier alpha value is -2.95. The number of rotatable bonds is 7. The molecule has 3 aromatic rings. The van der Waals surface area contributed by atoms with E-state index < -0.39 is 5.60 Å². The van der Waals surface area contributed by atoms with Crippen molar-refractivity contribution in [3.05, 3.63) is 47.8 Å². The molecule has 2 aliphatic rings. The molecule has 1 unspecified atom stereocenters. The van der Waals surface area contributed by atoms with Crippen molar-refractivity contribution in [3.63, 3.8) is 0 Å². The fraction of sp³-hybridized carbons (Fsp3) is 0.618. The molecule has 1 saturated heterocycles. The van der Waals surface area contributed by atoms with Crippen LogP contribution in [0.4, 0.5) is 0 Å². The summed E-state index contributed by atoms with van der Waals surface area (Å²) in [6.07, 6.45) is 18.8. The van der Waals surface area contributed by atoms with Gasteiger partial charge >= 0.3 is 6.01 Å². The number of piperidine rings is 1. The second kappa shape index (κ2) is 13.8. The Morgan fingerprint density at radius 3 is 2.32 bits per heavy atom. The second-order valence-electron chi connectivity index (χ2n) is 12.9. The highest BCUT2D eigenvalue weighted by Crippen LogP contribution is 2.39. The predicted molar refractivity (Wildman–Crippen MR) is 163 cm³/mol. The Morgan fingerprint density at radius 1 is 0.976 bits per heavy atom. The molecule has 0 amide bonds. The summed E-state index contributed by atoms with van der Waals surface area (Å²) < 4.78 is 8.56. The highest BCUT2D eigenvalue weighted by atomic mass is 16.5. The second-order valence-corrected chi connectivity index (χ2v) is 12.9. The van der Waals surface area contributed by atoms with Gasteiger partial charge in [0.05, 0.1) is 29.5 Å². The van der Waals surface area contributed by atoms with Gasteiger partial charge in [0.25, 0.3) is 0 Å². The number of ether oxygens (including phenoxy) is 1. The van der Waals surface area contributed by atoms with Crippen molar-refractivity contribution in [3.8, 4) is 23.3 Å². The topological polar surface area (TPSA) is 86.7 Å². The number of benzene rings is 1. The SMILES string of the molecule is CC(C)(O)CN1CCCC(COc2nc(-c3ccc(C#N)cc3)c(C3CCCCCCCCCC3)c3nccn23)C1. The summed E-state index contributed by atoms with van der Waals surface area (Å²) in [5.41, 5.74) is 4.07. The molecule has 7 nitrogen and oxygen atoms in total. The lowest BCUT2D eigenvalue weighted by atomic mass is 9.86. The molecule has 0 radical (unpaired) electrons. The number of hydrogen-bond donors (Lipinski definition) is 1. The lowest BCUT2D eigenvalue weighted by Gasteiger charge is -2.35. The van der Waals surface area contributed by atoms with Crippen LogP contribution < -0.4 is 4.74 Å². The van der Waals surface area contributed by atoms with Crippen molar-refractivity contribution in [2.24, 2.45) is 5.92 Å². The van der Waals surface area contributed by atoms with E-state index >= 15 is 0 Å². The van der Waals surface area contributed by atoms with Gasteiger partial charge < -0.3 is 14.7 Å². The average Bonchev–Trinajstić information content (AvgIpc) is 3.43. The van der Waals surface area contributed by atoms with Crippen LogP contribution in [-0.4, -0.2) is 56.2 Å². The third kappa shape index (κ3) is 7.87. The molecule has 2 fully saturated rings. The van der Waals surface area contributed by atoms with E-state index in [-0.39, 0.29) is 0 Å². The van der Waals surface area contributed by atoms with E-state index in [2.05, 4.69) is 11.0 Å². The van der Waals surface area contributed by atoms with Crippen LogP contribution in [0.15, 0.2) is 36.7 Å². The fourth-order valence-electron chi connectivity index (χ4n) is 6.82. The van der Waals surface area contributed by atoms with Crippen molar-refractivity contribution >= 4 is 5.65 Å². The molecule has 2 aromatic heterocycles. The normalized spacial score (nSPS) is 20.4. The number of nitriles is 1. The van der Waals surface area contributed by atoms with Gasteiger partial charge in [0.2, 0.25) is 0 Å². The van der Waals surface area contributed by atoms with Crippen molar-refractivity contribution in [1.29, 1.82) is 5.26 Å². The first kappa shape index (κ1) is 29.5. The van der Waals surface area contributed by atoms with Crippen LogP contribution in [0.2, 0.25) is 0 Å². The highest BCUT2D eigenvalue weighted by Gasteiger charge is 2.27. The molecule has 1 aromatic carbocycles. The molecule has 3 heterocycles. The molecule has 1 aliphatic carbocycles. The van der Waals surface area contributed by atoms with Gasteiger partial charge in [0.15, 0.2) is 0 Å². The molecule has 5 rings (SSSR count). The van der Waals surface area contributed by atoms with Crippen molar-refractivity contribution in [2.45, 2.75) is 102 Å². The van der Waals surface area contributed by atoms with Gasteiger partial charge in [-0.15, -0.1) is 0 Å². The van der Waals surface area contributed by atoms with E-state index in [1.54, 1.807) is 0 Å². The fourth-order valence-corrected chi connectivity index (χ4v) is 6.82. The highest BCUT2D eigenvalue weighted by molar-refractivity contribution is 5.72. The molecule has 1 N–H and O–H groups in total. The number of imidazole rings is 1. The minimum atomic E-state index is -0.701. The van der Waals surface area contributed by atoms with Crippen molar-refractivity contribution in [1.82, 2.24) is 19.3 Å². The molecular weight excluding hydrogens is 510 g/mol. The van der Waals surface area contributed by atoms with Gasteiger partial charge in [-0.2, -0.15) is 10.2 Å². The lowest BCUT2D eigenvalue weighted by molar-refractivity contribution is 0.0162. The van der Waals surface area contributed by atoms with Gasteiger partial charge in [0, 0.05) is 42.5 Å². The Labute approximate surface area is 245 Å². The summed E-state index contributed by atoms with van der Waals surface area (Å²) >= 11 is 0. The van der Waals surface area contributed by atoms with Gasteiger partial charge in [-0.1, -0.05) is 63.5 Å². The average molecular weight is 558 g/mol. The number of aliphatic hydroxyl groups is 1. The zero-order valence-corrected chi connectivity index (χ0v) is 25.0. The number of hydrogen-bond acceptors (Lipinski definition) is 6. The number of aromatic nitrogens is 3.